The van der Waals surface area contributed by atoms with E-state index in [1.807, 2.05) is 97.5 Å². The molecule has 0 N–H and O–H groups in total. The minimum absolute atomic E-state index is 0.219. The molecule has 3 heterocycles. The van der Waals surface area contributed by atoms with Crippen molar-refractivity contribution in [2.45, 2.75) is 13.8 Å². The minimum Gasteiger partial charge on any atom is -0.497 e. The summed E-state index contributed by atoms with van der Waals surface area (Å²) < 4.78 is 14.7. The first-order valence-corrected chi connectivity index (χ1v) is 13.3. The van der Waals surface area contributed by atoms with Crippen LogP contribution in [-0.4, -0.2) is 38.1 Å². The maximum Gasteiger partial charge on any atom is 0.291 e. The highest BCUT2D eigenvalue weighted by atomic mass is 32.1. The molecule has 9 heteroatoms. The third-order valence-electron chi connectivity index (χ3n) is 6.33. The number of aromatic nitrogens is 5. The number of fused-ring (bicyclic) bond motifs is 1. The molecule has 0 aliphatic heterocycles. The van der Waals surface area contributed by atoms with Crippen LogP contribution in [0.3, 0.4) is 0 Å². The van der Waals surface area contributed by atoms with Gasteiger partial charge in [0.25, 0.3) is 5.56 Å². The van der Waals surface area contributed by atoms with Crippen molar-refractivity contribution in [3.63, 3.8) is 0 Å². The molecule has 0 saturated carbocycles. The first kappa shape index (κ1) is 24.6. The summed E-state index contributed by atoms with van der Waals surface area (Å²) >= 11 is 1.30. The fraction of sp³-hybridized carbons (Fsp3) is 0.133. The van der Waals surface area contributed by atoms with Gasteiger partial charge in [-0.3, -0.25) is 4.79 Å². The fourth-order valence-corrected chi connectivity index (χ4v) is 5.28. The number of nitrogens with zero attached hydrogens (tertiary/aromatic N) is 5. The Labute approximate surface area is 228 Å². The molecule has 6 aromatic rings. The Morgan fingerprint density at radius 3 is 2.44 bits per heavy atom. The van der Waals surface area contributed by atoms with Gasteiger partial charge in [-0.25, -0.2) is 4.68 Å². The largest absolute Gasteiger partial charge is 0.497 e. The van der Waals surface area contributed by atoms with Crippen molar-refractivity contribution in [1.82, 2.24) is 24.4 Å². The van der Waals surface area contributed by atoms with Gasteiger partial charge in [0.15, 0.2) is 5.82 Å². The number of rotatable bonds is 7. The summed E-state index contributed by atoms with van der Waals surface area (Å²) in [5, 5.41) is 9.38. The molecule has 0 aliphatic carbocycles. The number of hydrogen-bond acceptors (Lipinski definition) is 7. The number of hydrogen-bond donors (Lipinski definition) is 0. The van der Waals surface area contributed by atoms with Crippen LogP contribution >= 0.6 is 11.3 Å². The standard InChI is InChI=1S/C30H25N5O3S/c1-4-38-25-15-12-21(16-19(25)2)27-22(18-34(32-27)23-8-6-5-7-9-23)17-26-29(36)35-30(39-26)31-28(33-35)20-10-13-24(37-3)14-11-20/h5-18H,4H2,1-3H3/b26-17-. The van der Waals surface area contributed by atoms with E-state index >= 15 is 0 Å². The zero-order chi connectivity index (χ0) is 26.9. The third kappa shape index (κ3) is 4.68. The Morgan fingerprint density at radius 1 is 0.974 bits per heavy atom. The van der Waals surface area contributed by atoms with Crippen LogP contribution in [0.15, 0.2) is 83.8 Å². The molecular formula is C30H25N5O3S. The maximum absolute atomic E-state index is 13.3. The van der Waals surface area contributed by atoms with Gasteiger partial charge >= 0.3 is 0 Å². The lowest BCUT2D eigenvalue weighted by Gasteiger charge is -2.08. The van der Waals surface area contributed by atoms with Gasteiger partial charge < -0.3 is 9.47 Å². The van der Waals surface area contributed by atoms with E-state index in [4.69, 9.17) is 14.6 Å². The molecule has 0 radical (unpaired) electrons. The predicted octanol–water partition coefficient (Wildman–Crippen LogP) is 4.93. The second-order valence-corrected chi connectivity index (χ2v) is 9.91. The minimum atomic E-state index is -0.219. The molecule has 6 rings (SSSR count). The molecule has 0 spiro atoms. The van der Waals surface area contributed by atoms with E-state index < -0.39 is 0 Å². The van der Waals surface area contributed by atoms with Crippen LogP contribution < -0.4 is 19.6 Å². The first-order chi connectivity index (χ1) is 19.0. The number of ether oxygens (including phenoxy) is 2. The summed E-state index contributed by atoms with van der Waals surface area (Å²) in [7, 11) is 1.62. The molecule has 39 heavy (non-hydrogen) atoms. The van der Waals surface area contributed by atoms with Crippen molar-refractivity contribution in [2.24, 2.45) is 0 Å². The number of para-hydroxylation sites is 1. The van der Waals surface area contributed by atoms with Crippen molar-refractivity contribution in [3.8, 4) is 39.8 Å². The van der Waals surface area contributed by atoms with Crippen LogP contribution in [0.4, 0.5) is 0 Å². The lowest BCUT2D eigenvalue weighted by Crippen LogP contribution is -2.23. The van der Waals surface area contributed by atoms with Gasteiger partial charge in [-0.2, -0.15) is 14.6 Å². The number of benzene rings is 3. The van der Waals surface area contributed by atoms with E-state index in [-0.39, 0.29) is 5.56 Å². The molecule has 0 saturated heterocycles. The Kier molecular flexibility index (Phi) is 6.42. The lowest BCUT2D eigenvalue weighted by molar-refractivity contribution is 0.338. The van der Waals surface area contributed by atoms with Gasteiger partial charge in [0, 0.05) is 22.9 Å². The van der Waals surface area contributed by atoms with Crippen molar-refractivity contribution in [3.05, 3.63) is 105 Å². The SMILES string of the molecule is CCOc1ccc(-c2nn(-c3ccccc3)cc2/C=c2\sc3nc(-c4ccc(OC)cc4)nn3c2=O)cc1C. The molecule has 3 aromatic heterocycles. The summed E-state index contributed by atoms with van der Waals surface area (Å²) in [6.45, 7) is 4.58. The van der Waals surface area contributed by atoms with Crippen LogP contribution in [0.25, 0.3) is 39.4 Å². The second-order valence-electron chi connectivity index (χ2n) is 8.90. The Hall–Kier alpha value is -4.76. The second kappa shape index (κ2) is 10.2. The summed E-state index contributed by atoms with van der Waals surface area (Å²) in [5.41, 5.74) is 5.06. The van der Waals surface area contributed by atoms with Crippen molar-refractivity contribution >= 4 is 22.4 Å². The Morgan fingerprint density at radius 2 is 1.74 bits per heavy atom. The van der Waals surface area contributed by atoms with Gasteiger partial charge in [-0.1, -0.05) is 29.5 Å². The van der Waals surface area contributed by atoms with E-state index in [2.05, 4.69) is 16.1 Å². The van der Waals surface area contributed by atoms with Gasteiger partial charge in [-0.05, 0) is 80.1 Å². The summed E-state index contributed by atoms with van der Waals surface area (Å²) in [6.07, 6.45) is 3.80. The molecule has 8 nitrogen and oxygen atoms in total. The van der Waals surface area contributed by atoms with Gasteiger partial charge in [0.2, 0.25) is 4.96 Å². The van der Waals surface area contributed by atoms with Crippen LogP contribution in [0.1, 0.15) is 18.1 Å². The summed E-state index contributed by atoms with van der Waals surface area (Å²) in [5.74, 6) is 2.08. The van der Waals surface area contributed by atoms with E-state index in [0.717, 1.165) is 45.1 Å². The normalized spacial score (nSPS) is 11.8. The Balaban J connectivity index is 1.45. The van der Waals surface area contributed by atoms with Crippen molar-refractivity contribution in [1.29, 1.82) is 0 Å². The van der Waals surface area contributed by atoms with E-state index in [1.165, 1.54) is 15.9 Å². The van der Waals surface area contributed by atoms with Crippen LogP contribution in [-0.2, 0) is 0 Å². The summed E-state index contributed by atoms with van der Waals surface area (Å²) in [4.78, 5) is 18.5. The summed E-state index contributed by atoms with van der Waals surface area (Å²) in [6, 6.07) is 23.3. The van der Waals surface area contributed by atoms with Crippen molar-refractivity contribution in [2.75, 3.05) is 13.7 Å². The molecular weight excluding hydrogens is 510 g/mol. The highest BCUT2D eigenvalue weighted by Gasteiger charge is 2.16. The fourth-order valence-electron chi connectivity index (χ4n) is 4.38. The molecule has 0 fully saturated rings. The Bertz CT molecular complexity index is 1890. The number of thiazole rings is 1. The lowest BCUT2D eigenvalue weighted by atomic mass is 10.0. The zero-order valence-electron chi connectivity index (χ0n) is 21.7. The topological polar surface area (TPSA) is 83.5 Å². The smallest absolute Gasteiger partial charge is 0.291 e. The molecule has 0 bridgehead atoms. The molecule has 0 amide bonds. The quantitative estimate of drug-likeness (QED) is 0.288. The first-order valence-electron chi connectivity index (χ1n) is 12.5. The average molecular weight is 536 g/mol. The predicted molar refractivity (Wildman–Crippen MR) is 153 cm³/mol. The van der Waals surface area contributed by atoms with Crippen molar-refractivity contribution < 1.29 is 9.47 Å². The van der Waals surface area contributed by atoms with Crippen LogP contribution in [0.2, 0.25) is 0 Å². The number of aryl methyl sites for hydroxylation is 1. The molecule has 3 aromatic carbocycles. The monoisotopic (exact) mass is 535 g/mol. The van der Waals surface area contributed by atoms with Gasteiger partial charge in [-0.15, -0.1) is 5.10 Å². The van der Waals surface area contributed by atoms with Crippen LogP contribution in [0, 0.1) is 6.92 Å². The number of methoxy groups -OCH3 is 1. The van der Waals surface area contributed by atoms with E-state index in [1.54, 1.807) is 7.11 Å². The molecule has 0 unspecified atom stereocenters. The highest BCUT2D eigenvalue weighted by molar-refractivity contribution is 7.15. The van der Waals surface area contributed by atoms with Crippen LogP contribution in [0.5, 0.6) is 11.5 Å². The zero-order valence-corrected chi connectivity index (χ0v) is 22.5. The van der Waals surface area contributed by atoms with E-state index in [9.17, 15) is 4.79 Å². The molecule has 194 valence electrons. The van der Waals surface area contributed by atoms with Gasteiger partial charge in [0.1, 0.15) is 17.2 Å². The van der Waals surface area contributed by atoms with Gasteiger partial charge in [0.05, 0.1) is 23.9 Å². The maximum atomic E-state index is 13.3. The van der Waals surface area contributed by atoms with E-state index in [0.29, 0.717) is 21.9 Å². The molecule has 0 aliphatic rings. The molecule has 0 atom stereocenters. The third-order valence-corrected chi connectivity index (χ3v) is 7.29. The average Bonchev–Trinajstić information content (AvgIpc) is 3.65. The highest BCUT2D eigenvalue weighted by Crippen LogP contribution is 2.29.